The molecular formula is C28H12F2N2O4. The number of Topliss-reactive ketones (excluding diaryl/α,β-unsaturated/α-hetero) is 2. The molecule has 8 heteroatoms. The number of nitrogens with zero attached hydrogens (tertiary/aromatic N) is 1. The largest absolute Gasteiger partial charge is 0.371 e. The van der Waals surface area contributed by atoms with Crippen molar-refractivity contribution in [3.63, 3.8) is 0 Å². The molecule has 3 aromatic rings. The van der Waals surface area contributed by atoms with Gasteiger partial charge in [0.15, 0.2) is 34.8 Å². The first-order valence-electron chi connectivity index (χ1n) is 11.1. The average Bonchev–Trinajstić information content (AvgIpc) is 2.89. The molecular weight excluding hydrogens is 466 g/mol. The molecule has 4 aliphatic rings. The number of hydrogen-bond acceptors (Lipinski definition) is 6. The van der Waals surface area contributed by atoms with E-state index < -0.39 is 34.8 Å². The molecule has 0 bridgehead atoms. The van der Waals surface area contributed by atoms with Gasteiger partial charge in [-0.3, -0.25) is 19.2 Å². The predicted octanol–water partition coefficient (Wildman–Crippen LogP) is 4.55. The van der Waals surface area contributed by atoms with Crippen LogP contribution in [-0.4, -0.2) is 34.9 Å². The molecule has 0 aromatic heterocycles. The second kappa shape index (κ2) is 6.85. The topological polar surface area (TPSA) is 92.7 Å². The molecule has 0 saturated heterocycles. The minimum absolute atomic E-state index is 0.0287. The van der Waals surface area contributed by atoms with Gasteiger partial charge in [-0.1, -0.05) is 24.3 Å². The quantitative estimate of drug-likeness (QED) is 0.400. The standard InChI is InChI=1S/C28H12F2N2O4/c29-16-8-5-13-19(22(16)30)27(35)15-7-10-18-24(21(15)28(13)36)32-17-9-6-14-20(23(17)31-18)26(34)12-4-2-1-3-11(12)25(14)33/h1-10,23,31H. The van der Waals surface area contributed by atoms with E-state index in [1.807, 2.05) is 0 Å². The summed E-state index contributed by atoms with van der Waals surface area (Å²) in [7, 11) is 0. The van der Waals surface area contributed by atoms with Crippen LogP contribution in [0, 0.1) is 11.6 Å². The van der Waals surface area contributed by atoms with Gasteiger partial charge in [0.2, 0.25) is 0 Å². The number of rotatable bonds is 0. The van der Waals surface area contributed by atoms with Crippen molar-refractivity contribution in [1.29, 1.82) is 0 Å². The van der Waals surface area contributed by atoms with Crippen molar-refractivity contribution < 1.29 is 28.0 Å². The summed E-state index contributed by atoms with van der Waals surface area (Å²) in [6.07, 6.45) is 3.12. The van der Waals surface area contributed by atoms with Crippen LogP contribution in [0.25, 0.3) is 0 Å². The van der Waals surface area contributed by atoms with E-state index in [-0.39, 0.29) is 45.1 Å². The van der Waals surface area contributed by atoms with Gasteiger partial charge in [0, 0.05) is 33.4 Å². The van der Waals surface area contributed by atoms with E-state index in [9.17, 15) is 28.0 Å². The molecule has 3 aromatic carbocycles. The van der Waals surface area contributed by atoms with Crippen molar-refractivity contribution >= 4 is 40.2 Å². The number of halogens is 2. The molecule has 1 N–H and O–H groups in total. The van der Waals surface area contributed by atoms with Crippen molar-refractivity contribution in [1.82, 2.24) is 0 Å². The number of benzene rings is 3. The molecule has 0 fully saturated rings. The first kappa shape index (κ1) is 20.5. The molecule has 36 heavy (non-hydrogen) atoms. The fourth-order valence-electron chi connectivity index (χ4n) is 5.29. The number of carbonyl (C=O) groups is 4. The zero-order chi connectivity index (χ0) is 24.9. The van der Waals surface area contributed by atoms with E-state index in [1.54, 1.807) is 30.3 Å². The van der Waals surface area contributed by atoms with E-state index in [1.165, 1.54) is 18.2 Å². The molecule has 1 heterocycles. The van der Waals surface area contributed by atoms with E-state index in [0.29, 0.717) is 22.5 Å². The predicted molar refractivity (Wildman–Crippen MR) is 125 cm³/mol. The Kier molecular flexibility index (Phi) is 3.90. The average molecular weight is 478 g/mol. The smallest absolute Gasteiger partial charge is 0.197 e. The molecule has 1 atom stereocenters. The van der Waals surface area contributed by atoms with Gasteiger partial charge < -0.3 is 5.32 Å². The summed E-state index contributed by atoms with van der Waals surface area (Å²) in [6.45, 7) is 0. The summed E-state index contributed by atoms with van der Waals surface area (Å²) in [4.78, 5) is 57.5. The highest BCUT2D eigenvalue weighted by Gasteiger charge is 2.42. The Morgan fingerprint density at radius 3 is 2.14 bits per heavy atom. The highest BCUT2D eigenvalue weighted by atomic mass is 19.2. The van der Waals surface area contributed by atoms with E-state index in [0.717, 1.165) is 12.1 Å². The lowest BCUT2D eigenvalue weighted by Gasteiger charge is -2.34. The lowest BCUT2D eigenvalue weighted by Crippen LogP contribution is -2.41. The summed E-state index contributed by atoms with van der Waals surface area (Å²) in [5.74, 6) is -4.61. The van der Waals surface area contributed by atoms with Crippen molar-refractivity contribution in [3.05, 3.63) is 117 Å². The van der Waals surface area contributed by atoms with Crippen molar-refractivity contribution in [2.24, 2.45) is 4.99 Å². The van der Waals surface area contributed by atoms with Crippen molar-refractivity contribution in [2.75, 3.05) is 5.32 Å². The molecule has 1 unspecified atom stereocenters. The third kappa shape index (κ3) is 2.45. The third-order valence-electron chi connectivity index (χ3n) is 6.96. The minimum Gasteiger partial charge on any atom is -0.371 e. The van der Waals surface area contributed by atoms with Gasteiger partial charge in [-0.15, -0.1) is 0 Å². The maximum absolute atomic E-state index is 14.4. The summed E-state index contributed by atoms with van der Waals surface area (Å²) < 4.78 is 28.2. The van der Waals surface area contributed by atoms with Crippen LogP contribution in [0.1, 0.15) is 52.6 Å². The summed E-state index contributed by atoms with van der Waals surface area (Å²) in [6, 6.07) is 10.6. The summed E-state index contributed by atoms with van der Waals surface area (Å²) >= 11 is 0. The van der Waals surface area contributed by atoms with Gasteiger partial charge in [0.25, 0.3) is 0 Å². The first-order chi connectivity index (χ1) is 17.4. The van der Waals surface area contributed by atoms with Gasteiger partial charge in [-0.2, -0.15) is 0 Å². The number of nitrogens with one attached hydrogen (secondary N) is 1. The molecule has 0 amide bonds. The second-order valence-electron chi connectivity index (χ2n) is 8.81. The molecule has 3 aliphatic carbocycles. The van der Waals surface area contributed by atoms with Gasteiger partial charge in [0.1, 0.15) is 0 Å². The van der Waals surface area contributed by atoms with Crippen LogP contribution in [-0.2, 0) is 0 Å². The van der Waals surface area contributed by atoms with Crippen molar-refractivity contribution in [2.45, 2.75) is 6.04 Å². The highest BCUT2D eigenvalue weighted by molar-refractivity contribution is 6.34. The second-order valence-corrected chi connectivity index (χ2v) is 8.81. The monoisotopic (exact) mass is 478 g/mol. The molecule has 172 valence electrons. The summed E-state index contributed by atoms with van der Waals surface area (Å²) in [5.41, 5.74) is 1.14. The normalized spacial score (nSPS) is 18.9. The van der Waals surface area contributed by atoms with Crippen LogP contribution in [0.2, 0.25) is 0 Å². The van der Waals surface area contributed by atoms with Gasteiger partial charge >= 0.3 is 0 Å². The van der Waals surface area contributed by atoms with Gasteiger partial charge in [-0.05, 0) is 36.4 Å². The fourth-order valence-corrected chi connectivity index (χ4v) is 5.29. The van der Waals surface area contributed by atoms with Crippen LogP contribution in [0.3, 0.4) is 0 Å². The lowest BCUT2D eigenvalue weighted by molar-refractivity contribution is 0.0974. The number of fused-ring (bicyclic) bond motifs is 7. The van der Waals surface area contributed by atoms with Crippen molar-refractivity contribution in [3.8, 4) is 0 Å². The number of ketones is 4. The molecule has 6 nitrogen and oxygen atoms in total. The lowest BCUT2D eigenvalue weighted by atomic mass is 9.76. The Morgan fingerprint density at radius 2 is 1.36 bits per heavy atom. The zero-order valence-corrected chi connectivity index (χ0v) is 18.2. The van der Waals surface area contributed by atoms with Gasteiger partial charge in [0.05, 0.1) is 34.3 Å². The number of aliphatic imine (C=N–C) groups is 1. The van der Waals surface area contributed by atoms with Crippen LogP contribution in [0.5, 0.6) is 0 Å². The van der Waals surface area contributed by atoms with E-state index in [4.69, 9.17) is 0 Å². The molecule has 0 spiro atoms. The maximum Gasteiger partial charge on any atom is 0.197 e. The Labute approximate surface area is 201 Å². The molecule has 0 radical (unpaired) electrons. The summed E-state index contributed by atoms with van der Waals surface area (Å²) in [5, 5.41) is 3.20. The Morgan fingerprint density at radius 1 is 0.694 bits per heavy atom. The number of hydrogen-bond donors (Lipinski definition) is 1. The van der Waals surface area contributed by atoms with Crippen LogP contribution in [0.4, 0.5) is 20.2 Å². The SMILES string of the molecule is O=C1C2=C(C(=O)c3ccccc31)C1Nc3ccc4c(c3N=C1C=C2)C(=O)c1ccc(F)c(F)c1C4=O. The first-order valence-corrected chi connectivity index (χ1v) is 11.1. The fraction of sp³-hybridized carbons (Fsp3) is 0.0357. The maximum atomic E-state index is 14.4. The number of allylic oxidation sites excluding steroid dienone is 2. The van der Waals surface area contributed by atoms with Gasteiger partial charge in [-0.25, -0.2) is 13.8 Å². The molecule has 7 rings (SSSR count). The zero-order valence-electron chi connectivity index (χ0n) is 18.2. The molecule has 1 aliphatic heterocycles. The van der Waals surface area contributed by atoms with Crippen LogP contribution >= 0.6 is 0 Å². The Balaban J connectivity index is 1.38. The van der Waals surface area contributed by atoms with Crippen LogP contribution in [0.15, 0.2) is 76.8 Å². The highest BCUT2D eigenvalue weighted by Crippen LogP contribution is 2.44. The Hall–Kier alpha value is -4.85. The van der Waals surface area contributed by atoms with E-state index in [2.05, 4.69) is 10.3 Å². The van der Waals surface area contributed by atoms with Crippen LogP contribution < -0.4 is 5.32 Å². The molecule has 0 saturated carbocycles. The number of carbonyl (C=O) groups excluding carboxylic acids is 4. The third-order valence-corrected chi connectivity index (χ3v) is 6.96. The van der Waals surface area contributed by atoms with E-state index >= 15 is 0 Å². The Bertz CT molecular complexity index is 1760. The minimum atomic E-state index is -1.37. The number of anilines is 1.